The third-order valence-corrected chi connectivity index (χ3v) is 4.58. The van der Waals surface area contributed by atoms with E-state index in [-0.39, 0.29) is 5.95 Å². The van der Waals surface area contributed by atoms with Gasteiger partial charge in [0.1, 0.15) is 12.1 Å². The van der Waals surface area contributed by atoms with E-state index in [4.69, 9.17) is 0 Å². The topological polar surface area (TPSA) is 107 Å². The van der Waals surface area contributed by atoms with E-state index in [9.17, 15) is 14.4 Å². The van der Waals surface area contributed by atoms with Crippen LogP contribution in [-0.4, -0.2) is 39.3 Å². The number of aromatic amines is 1. The fraction of sp³-hybridized carbons (Fsp3) is 0.158. The number of aromatic nitrogens is 2. The van der Waals surface area contributed by atoms with E-state index < -0.39 is 29.9 Å². The first-order valence-electron chi connectivity index (χ1n) is 8.41. The third-order valence-electron chi connectivity index (χ3n) is 4.58. The van der Waals surface area contributed by atoms with Crippen molar-refractivity contribution < 1.29 is 14.4 Å². The van der Waals surface area contributed by atoms with Crippen molar-refractivity contribution in [3.8, 4) is 0 Å². The summed E-state index contributed by atoms with van der Waals surface area (Å²) in [5, 5.41) is 5.26. The molecule has 3 aromatic rings. The van der Waals surface area contributed by atoms with Crippen molar-refractivity contribution in [3.05, 3.63) is 60.2 Å². The Labute approximate surface area is 154 Å². The van der Waals surface area contributed by atoms with Crippen LogP contribution in [0.2, 0.25) is 0 Å². The molecule has 0 saturated carbocycles. The van der Waals surface area contributed by atoms with Crippen molar-refractivity contribution in [2.75, 3.05) is 11.9 Å². The van der Waals surface area contributed by atoms with Crippen LogP contribution in [0, 0.1) is 0 Å². The highest BCUT2D eigenvalue weighted by Gasteiger charge is 2.49. The maximum absolute atomic E-state index is 12.8. The van der Waals surface area contributed by atoms with Crippen molar-refractivity contribution in [2.45, 2.75) is 12.5 Å². The molecule has 1 unspecified atom stereocenters. The number of imidazole rings is 1. The maximum Gasteiger partial charge on any atom is 0.325 e. The Kier molecular flexibility index (Phi) is 3.88. The number of H-pyrrole nitrogens is 1. The average molecular weight is 363 g/mol. The number of benzene rings is 2. The number of para-hydroxylation sites is 2. The summed E-state index contributed by atoms with van der Waals surface area (Å²) in [5.41, 5.74) is 0.945. The summed E-state index contributed by atoms with van der Waals surface area (Å²) in [6, 6.07) is 15.7. The number of fused-ring (bicyclic) bond motifs is 1. The molecule has 0 spiro atoms. The van der Waals surface area contributed by atoms with Crippen LogP contribution in [0.4, 0.5) is 10.7 Å². The van der Waals surface area contributed by atoms with Gasteiger partial charge < -0.3 is 10.3 Å². The van der Waals surface area contributed by atoms with Crippen LogP contribution in [0.5, 0.6) is 0 Å². The van der Waals surface area contributed by atoms with Crippen LogP contribution >= 0.6 is 0 Å². The highest BCUT2D eigenvalue weighted by molar-refractivity contribution is 6.10. The molecule has 3 N–H and O–H groups in total. The molecule has 1 aliphatic rings. The van der Waals surface area contributed by atoms with Gasteiger partial charge in [0.05, 0.1) is 11.0 Å². The van der Waals surface area contributed by atoms with Crippen molar-refractivity contribution in [1.82, 2.24) is 20.2 Å². The molecule has 136 valence electrons. The van der Waals surface area contributed by atoms with Crippen LogP contribution in [0.3, 0.4) is 0 Å². The SMILES string of the molecule is CC1(c2ccccc2)NC(=O)N(CC(=O)Nc2nc3ccccc3[nH]2)C1=O. The molecule has 2 aromatic carbocycles. The van der Waals surface area contributed by atoms with Crippen LogP contribution in [-0.2, 0) is 15.1 Å². The van der Waals surface area contributed by atoms with Gasteiger partial charge in [-0.1, -0.05) is 42.5 Å². The van der Waals surface area contributed by atoms with Crippen LogP contribution in [0.15, 0.2) is 54.6 Å². The lowest BCUT2D eigenvalue weighted by Crippen LogP contribution is -2.42. The van der Waals surface area contributed by atoms with E-state index in [1.165, 1.54) is 0 Å². The largest absolute Gasteiger partial charge is 0.325 e. The molecule has 1 aromatic heterocycles. The molecule has 8 nitrogen and oxygen atoms in total. The maximum atomic E-state index is 12.8. The molecule has 0 bridgehead atoms. The zero-order valence-electron chi connectivity index (χ0n) is 14.5. The smallest absolute Gasteiger partial charge is 0.324 e. The molecule has 2 heterocycles. The second-order valence-corrected chi connectivity index (χ2v) is 6.46. The molecule has 1 atom stereocenters. The Balaban J connectivity index is 1.49. The van der Waals surface area contributed by atoms with E-state index in [0.29, 0.717) is 11.1 Å². The fourth-order valence-electron chi connectivity index (χ4n) is 3.13. The molecule has 27 heavy (non-hydrogen) atoms. The molecule has 4 amide bonds. The Bertz CT molecular complexity index is 1010. The summed E-state index contributed by atoms with van der Waals surface area (Å²) in [4.78, 5) is 45.6. The molecular weight excluding hydrogens is 346 g/mol. The quantitative estimate of drug-likeness (QED) is 0.616. The van der Waals surface area contributed by atoms with E-state index in [1.807, 2.05) is 30.3 Å². The van der Waals surface area contributed by atoms with Gasteiger partial charge in [-0.25, -0.2) is 9.78 Å². The van der Waals surface area contributed by atoms with Crippen molar-refractivity contribution in [3.63, 3.8) is 0 Å². The summed E-state index contributed by atoms with van der Waals surface area (Å²) in [7, 11) is 0. The lowest BCUT2D eigenvalue weighted by molar-refractivity contribution is -0.133. The first-order valence-corrected chi connectivity index (χ1v) is 8.41. The predicted octanol–water partition coefficient (Wildman–Crippen LogP) is 1.97. The summed E-state index contributed by atoms with van der Waals surface area (Å²) in [5.74, 6) is -0.729. The van der Waals surface area contributed by atoms with Gasteiger partial charge >= 0.3 is 6.03 Å². The first kappa shape index (κ1) is 16.8. The van der Waals surface area contributed by atoms with Gasteiger partial charge in [-0.15, -0.1) is 0 Å². The number of nitrogens with one attached hydrogen (secondary N) is 3. The summed E-state index contributed by atoms with van der Waals surface area (Å²) in [6.45, 7) is 1.23. The third kappa shape index (κ3) is 2.91. The Hall–Kier alpha value is -3.68. The number of hydrogen-bond acceptors (Lipinski definition) is 4. The van der Waals surface area contributed by atoms with E-state index >= 15 is 0 Å². The number of amides is 4. The van der Waals surface area contributed by atoms with Gasteiger partial charge in [0.2, 0.25) is 11.9 Å². The molecule has 8 heteroatoms. The zero-order chi connectivity index (χ0) is 19.0. The highest BCUT2D eigenvalue weighted by Crippen LogP contribution is 2.28. The van der Waals surface area contributed by atoms with Gasteiger partial charge in [0, 0.05) is 0 Å². The van der Waals surface area contributed by atoms with Crippen LogP contribution in [0.25, 0.3) is 11.0 Å². The summed E-state index contributed by atoms with van der Waals surface area (Å²) < 4.78 is 0. The number of imide groups is 1. The predicted molar refractivity (Wildman–Crippen MR) is 98.8 cm³/mol. The fourth-order valence-corrected chi connectivity index (χ4v) is 3.13. The summed E-state index contributed by atoms with van der Waals surface area (Å²) >= 11 is 0. The normalized spacial score (nSPS) is 19.4. The van der Waals surface area contributed by atoms with E-state index in [1.54, 1.807) is 31.2 Å². The molecule has 0 radical (unpaired) electrons. The Morgan fingerprint density at radius 1 is 1.11 bits per heavy atom. The van der Waals surface area contributed by atoms with Crippen molar-refractivity contribution in [1.29, 1.82) is 0 Å². The van der Waals surface area contributed by atoms with Crippen molar-refractivity contribution >= 4 is 34.8 Å². The molecule has 0 aliphatic carbocycles. The molecule has 1 aliphatic heterocycles. The number of carbonyl (C=O) groups excluding carboxylic acids is 3. The lowest BCUT2D eigenvalue weighted by atomic mass is 9.92. The standard InChI is InChI=1S/C19H17N5O3/c1-19(12-7-3-2-4-8-12)16(26)24(18(27)23-19)11-15(25)22-17-20-13-9-5-6-10-14(13)21-17/h2-10H,11H2,1H3,(H,23,27)(H2,20,21,22,25). The van der Waals surface area contributed by atoms with Gasteiger partial charge in [-0.3, -0.25) is 19.8 Å². The Morgan fingerprint density at radius 3 is 2.56 bits per heavy atom. The number of urea groups is 1. The zero-order valence-corrected chi connectivity index (χ0v) is 14.5. The van der Waals surface area contributed by atoms with E-state index in [0.717, 1.165) is 10.4 Å². The number of carbonyl (C=O) groups is 3. The minimum atomic E-state index is -1.20. The van der Waals surface area contributed by atoms with Crippen LogP contribution in [0.1, 0.15) is 12.5 Å². The van der Waals surface area contributed by atoms with Gasteiger partial charge in [-0.2, -0.15) is 0 Å². The van der Waals surface area contributed by atoms with Crippen LogP contribution < -0.4 is 10.6 Å². The van der Waals surface area contributed by atoms with Gasteiger partial charge in [0.25, 0.3) is 5.91 Å². The minimum Gasteiger partial charge on any atom is -0.324 e. The van der Waals surface area contributed by atoms with Gasteiger partial charge in [-0.05, 0) is 24.6 Å². The number of anilines is 1. The first-order chi connectivity index (χ1) is 13.0. The second-order valence-electron chi connectivity index (χ2n) is 6.46. The van der Waals surface area contributed by atoms with E-state index in [2.05, 4.69) is 20.6 Å². The number of nitrogens with zero attached hydrogens (tertiary/aromatic N) is 2. The molecule has 1 saturated heterocycles. The number of rotatable bonds is 4. The van der Waals surface area contributed by atoms with Gasteiger partial charge in [0.15, 0.2) is 0 Å². The monoisotopic (exact) mass is 363 g/mol. The summed E-state index contributed by atoms with van der Waals surface area (Å²) in [6.07, 6.45) is 0. The average Bonchev–Trinajstić information content (AvgIpc) is 3.16. The highest BCUT2D eigenvalue weighted by atomic mass is 16.2. The Morgan fingerprint density at radius 2 is 1.81 bits per heavy atom. The second kappa shape index (κ2) is 6.24. The lowest BCUT2D eigenvalue weighted by Gasteiger charge is -2.21. The number of hydrogen-bond donors (Lipinski definition) is 3. The molecule has 1 fully saturated rings. The molecule has 4 rings (SSSR count). The minimum absolute atomic E-state index is 0.263. The molecular formula is C19H17N5O3. The van der Waals surface area contributed by atoms with Crippen molar-refractivity contribution in [2.24, 2.45) is 0 Å².